The van der Waals surface area contributed by atoms with Gasteiger partial charge >= 0.3 is 0 Å². The van der Waals surface area contributed by atoms with E-state index in [1.807, 2.05) is 0 Å². The summed E-state index contributed by atoms with van der Waals surface area (Å²) in [4.78, 5) is 18.4. The van der Waals surface area contributed by atoms with Crippen LogP contribution in [0.2, 0.25) is 0 Å². The minimum atomic E-state index is -0.157. The first-order chi connectivity index (χ1) is 11.4. The van der Waals surface area contributed by atoms with Gasteiger partial charge < -0.3 is 9.94 Å². The van der Waals surface area contributed by atoms with Crippen molar-refractivity contribution < 1.29 is 14.7 Å². The van der Waals surface area contributed by atoms with E-state index in [-0.39, 0.29) is 22.9 Å². The zero-order chi connectivity index (χ0) is 17.1. The van der Waals surface area contributed by atoms with Crippen LogP contribution in [0.4, 0.5) is 0 Å². The smallest absolute Gasteiger partial charge is 0.137 e. The van der Waals surface area contributed by atoms with E-state index < -0.39 is 0 Å². The van der Waals surface area contributed by atoms with Gasteiger partial charge in [0, 0.05) is 17.8 Å². The lowest BCUT2D eigenvalue weighted by Gasteiger charge is -2.59. The first kappa shape index (κ1) is 16.6. The fraction of sp³-hybridized carbons (Fsp3) is 0.900. The number of carbonyl (C=O) groups is 1. The Hall–Kier alpha value is -0.900. The molecule has 24 heavy (non-hydrogen) atoms. The third-order valence-corrected chi connectivity index (χ3v) is 8.27. The second-order valence-corrected chi connectivity index (χ2v) is 9.28. The highest BCUT2D eigenvalue weighted by atomic mass is 16.6. The number of hydrogen-bond acceptors (Lipinski definition) is 4. The van der Waals surface area contributed by atoms with E-state index in [0.29, 0.717) is 30.0 Å². The molecule has 0 amide bonds. The highest BCUT2D eigenvalue weighted by Crippen LogP contribution is 2.64. The molecule has 7 atom stereocenters. The number of rotatable bonds is 1. The zero-order valence-electron chi connectivity index (χ0n) is 15.3. The molecule has 0 aromatic heterocycles. The zero-order valence-corrected chi connectivity index (χ0v) is 15.3. The van der Waals surface area contributed by atoms with Crippen LogP contribution in [0.25, 0.3) is 0 Å². The van der Waals surface area contributed by atoms with Crippen LogP contribution < -0.4 is 0 Å². The van der Waals surface area contributed by atoms with Crippen molar-refractivity contribution in [3.05, 3.63) is 0 Å². The molecule has 1 N–H and O–H groups in total. The van der Waals surface area contributed by atoms with Crippen LogP contribution in [-0.4, -0.2) is 29.8 Å². The molecule has 4 aliphatic carbocycles. The van der Waals surface area contributed by atoms with Gasteiger partial charge in [0.1, 0.15) is 12.9 Å². The minimum Gasteiger partial charge on any atom is -0.399 e. The van der Waals surface area contributed by atoms with Gasteiger partial charge in [-0.1, -0.05) is 19.0 Å². The number of carbonyl (C=O) groups excluding carboxylic acids is 1. The topological polar surface area (TPSA) is 58.9 Å². The van der Waals surface area contributed by atoms with Gasteiger partial charge in [0.15, 0.2) is 0 Å². The highest BCUT2D eigenvalue weighted by Gasteiger charge is 2.62. The Balaban J connectivity index is 1.68. The van der Waals surface area contributed by atoms with Crippen LogP contribution in [0.1, 0.15) is 65.2 Å². The van der Waals surface area contributed by atoms with Gasteiger partial charge in [0.2, 0.25) is 0 Å². The van der Waals surface area contributed by atoms with Crippen LogP contribution >= 0.6 is 0 Å². The fourth-order valence-corrected chi connectivity index (χ4v) is 7.11. The summed E-state index contributed by atoms with van der Waals surface area (Å²) in [5.74, 6) is 2.23. The Morgan fingerprint density at radius 3 is 2.75 bits per heavy atom. The SMILES string of the molecule is CO/N=C1\CCC2C3CCC4CC(O)CCC4(C)C3C(=O)CC12C. The van der Waals surface area contributed by atoms with Crippen molar-refractivity contribution in [2.45, 2.75) is 71.3 Å². The lowest BCUT2D eigenvalue weighted by atomic mass is 9.45. The molecule has 4 aliphatic rings. The molecule has 0 radical (unpaired) electrons. The van der Waals surface area contributed by atoms with Crippen molar-refractivity contribution in [2.24, 2.45) is 39.7 Å². The van der Waals surface area contributed by atoms with E-state index in [1.54, 1.807) is 7.11 Å². The number of oxime groups is 1. The van der Waals surface area contributed by atoms with Crippen molar-refractivity contribution in [1.82, 2.24) is 0 Å². The minimum absolute atomic E-state index is 0.0916. The number of hydrogen-bond donors (Lipinski definition) is 1. The van der Waals surface area contributed by atoms with Crippen molar-refractivity contribution in [3.8, 4) is 0 Å². The maximum absolute atomic E-state index is 13.3. The molecular formula is C20H31NO3. The van der Waals surface area contributed by atoms with Crippen LogP contribution in [0, 0.1) is 34.5 Å². The number of aliphatic hydroxyl groups excluding tert-OH is 1. The molecule has 0 saturated heterocycles. The molecule has 0 heterocycles. The monoisotopic (exact) mass is 333 g/mol. The number of ketones is 1. The molecule has 4 fully saturated rings. The molecule has 0 aromatic rings. The summed E-state index contributed by atoms with van der Waals surface area (Å²) in [7, 11) is 1.61. The number of Topliss-reactive ketones (excluding diaryl/α,β-unsaturated/α-hetero) is 1. The predicted molar refractivity (Wildman–Crippen MR) is 92.6 cm³/mol. The van der Waals surface area contributed by atoms with E-state index in [0.717, 1.165) is 44.2 Å². The normalized spacial score (nSPS) is 52.6. The maximum atomic E-state index is 13.3. The van der Waals surface area contributed by atoms with Gasteiger partial charge in [-0.05, 0) is 68.1 Å². The van der Waals surface area contributed by atoms with E-state index >= 15 is 0 Å². The Morgan fingerprint density at radius 2 is 2.00 bits per heavy atom. The second kappa shape index (κ2) is 5.55. The largest absolute Gasteiger partial charge is 0.399 e. The van der Waals surface area contributed by atoms with Gasteiger partial charge in [-0.3, -0.25) is 4.79 Å². The summed E-state index contributed by atoms with van der Waals surface area (Å²) in [6.07, 6.45) is 7.68. The molecule has 7 unspecified atom stereocenters. The Morgan fingerprint density at radius 1 is 1.21 bits per heavy atom. The summed E-state index contributed by atoms with van der Waals surface area (Å²) >= 11 is 0. The summed E-state index contributed by atoms with van der Waals surface area (Å²) in [6, 6.07) is 0. The average Bonchev–Trinajstić information content (AvgIpc) is 2.84. The van der Waals surface area contributed by atoms with Gasteiger partial charge in [0.05, 0.1) is 11.8 Å². The molecule has 0 aliphatic heterocycles. The highest BCUT2D eigenvalue weighted by molar-refractivity contribution is 5.98. The van der Waals surface area contributed by atoms with Gasteiger partial charge in [-0.2, -0.15) is 0 Å². The first-order valence-corrected chi connectivity index (χ1v) is 9.71. The van der Waals surface area contributed by atoms with Gasteiger partial charge in [0.25, 0.3) is 0 Å². The Kier molecular flexibility index (Phi) is 3.83. The average molecular weight is 333 g/mol. The van der Waals surface area contributed by atoms with Crippen LogP contribution in [-0.2, 0) is 9.63 Å². The molecule has 4 heteroatoms. The summed E-state index contributed by atoms with van der Waals surface area (Å²) in [5, 5.41) is 14.4. The van der Waals surface area contributed by atoms with Crippen LogP contribution in [0.15, 0.2) is 5.16 Å². The molecule has 4 nitrogen and oxygen atoms in total. The van der Waals surface area contributed by atoms with Gasteiger partial charge in [-0.15, -0.1) is 0 Å². The first-order valence-electron chi connectivity index (χ1n) is 9.71. The van der Waals surface area contributed by atoms with Crippen molar-refractivity contribution >= 4 is 11.5 Å². The van der Waals surface area contributed by atoms with E-state index in [1.165, 1.54) is 6.42 Å². The van der Waals surface area contributed by atoms with E-state index in [9.17, 15) is 9.90 Å². The van der Waals surface area contributed by atoms with E-state index in [4.69, 9.17) is 4.84 Å². The van der Waals surface area contributed by atoms with Crippen molar-refractivity contribution in [3.63, 3.8) is 0 Å². The van der Waals surface area contributed by atoms with Crippen LogP contribution in [0.3, 0.4) is 0 Å². The molecular weight excluding hydrogens is 302 g/mol. The number of aliphatic hydroxyl groups is 1. The molecule has 4 rings (SSSR count). The van der Waals surface area contributed by atoms with Gasteiger partial charge in [-0.25, -0.2) is 0 Å². The Bertz CT molecular complexity index is 573. The summed E-state index contributed by atoms with van der Waals surface area (Å²) in [5.41, 5.74) is 1.11. The quantitative estimate of drug-likeness (QED) is 0.746. The summed E-state index contributed by atoms with van der Waals surface area (Å²) in [6.45, 7) is 4.59. The fourth-order valence-electron chi connectivity index (χ4n) is 7.11. The molecule has 134 valence electrons. The van der Waals surface area contributed by atoms with Crippen LogP contribution in [0.5, 0.6) is 0 Å². The number of nitrogens with zero attached hydrogens (tertiary/aromatic N) is 1. The standard InChI is InChI=1S/C20H31NO3/c1-19-9-8-13(22)10-12(19)4-5-14-15-6-7-17(21-24-3)20(15,2)11-16(23)18(14)19/h12-15,18,22H,4-11H2,1-3H3/b21-17+. The van der Waals surface area contributed by atoms with E-state index in [2.05, 4.69) is 19.0 Å². The third kappa shape index (κ3) is 2.14. The molecule has 0 aromatic carbocycles. The predicted octanol–water partition coefficient (Wildman–Crippen LogP) is 3.57. The Labute approximate surface area is 145 Å². The lowest BCUT2D eigenvalue weighted by molar-refractivity contribution is -0.156. The molecule has 0 spiro atoms. The lowest BCUT2D eigenvalue weighted by Crippen LogP contribution is -2.57. The number of fused-ring (bicyclic) bond motifs is 5. The van der Waals surface area contributed by atoms with Crippen molar-refractivity contribution in [1.29, 1.82) is 0 Å². The second-order valence-electron chi connectivity index (χ2n) is 9.28. The summed E-state index contributed by atoms with van der Waals surface area (Å²) < 4.78 is 0. The molecule has 0 bridgehead atoms. The maximum Gasteiger partial charge on any atom is 0.137 e. The van der Waals surface area contributed by atoms with Crippen molar-refractivity contribution in [2.75, 3.05) is 7.11 Å². The third-order valence-electron chi connectivity index (χ3n) is 8.27. The molecule has 4 saturated carbocycles.